The molecule has 0 aliphatic rings. The highest BCUT2D eigenvalue weighted by atomic mass is 127. The number of thiazole rings is 1. The minimum atomic E-state index is -4.42. The minimum absolute atomic E-state index is 0. The Hall–Kier alpha value is -1.44. The van der Waals surface area contributed by atoms with Gasteiger partial charge in [0.1, 0.15) is 5.01 Å². The zero-order valence-corrected chi connectivity index (χ0v) is 19.9. The molecule has 0 amide bonds. The molecule has 0 saturated heterocycles. The average Bonchev–Trinajstić information content (AvgIpc) is 3.18. The largest absolute Gasteiger partial charge is 0.434 e. The number of hydrogen-bond acceptors (Lipinski definition) is 5. The summed E-state index contributed by atoms with van der Waals surface area (Å²) in [5.41, 5.74) is 1.21. The molecular formula is C19H26F3IN4O2S. The van der Waals surface area contributed by atoms with E-state index in [-0.39, 0.29) is 30.5 Å². The van der Waals surface area contributed by atoms with Gasteiger partial charge in [-0.1, -0.05) is 24.3 Å². The normalized spacial score (nSPS) is 11.8. The molecule has 0 radical (unpaired) electrons. The monoisotopic (exact) mass is 558 g/mol. The lowest BCUT2D eigenvalue weighted by Gasteiger charge is -2.12. The summed E-state index contributed by atoms with van der Waals surface area (Å²) in [5.74, 6) is 0.479. The van der Waals surface area contributed by atoms with Crippen LogP contribution in [0.2, 0.25) is 0 Å². The van der Waals surface area contributed by atoms with Gasteiger partial charge in [0.2, 0.25) is 0 Å². The van der Waals surface area contributed by atoms with Crippen molar-refractivity contribution in [3.8, 4) is 0 Å². The first kappa shape index (κ1) is 26.6. The lowest BCUT2D eigenvalue weighted by molar-refractivity contribution is -0.140. The van der Waals surface area contributed by atoms with E-state index in [1.807, 2.05) is 31.2 Å². The van der Waals surface area contributed by atoms with E-state index in [9.17, 15) is 13.2 Å². The van der Waals surface area contributed by atoms with Crippen LogP contribution >= 0.6 is 35.3 Å². The van der Waals surface area contributed by atoms with Crippen molar-refractivity contribution in [1.82, 2.24) is 15.6 Å². The molecule has 0 atom stereocenters. The molecule has 1 aromatic carbocycles. The van der Waals surface area contributed by atoms with Crippen molar-refractivity contribution >= 4 is 41.3 Å². The van der Waals surface area contributed by atoms with Gasteiger partial charge in [0.15, 0.2) is 11.7 Å². The fourth-order valence-electron chi connectivity index (χ4n) is 2.37. The maximum absolute atomic E-state index is 12.6. The Bertz CT molecular complexity index is 787. The summed E-state index contributed by atoms with van der Waals surface area (Å²) >= 11 is 0.958. The predicted octanol–water partition coefficient (Wildman–Crippen LogP) is 4.20. The third-order valence-electron chi connectivity index (χ3n) is 3.77. The van der Waals surface area contributed by atoms with Gasteiger partial charge in [0.25, 0.3) is 0 Å². The zero-order chi connectivity index (χ0) is 21.1. The summed E-state index contributed by atoms with van der Waals surface area (Å²) in [6, 6.07) is 7.93. The van der Waals surface area contributed by atoms with Crippen LogP contribution in [0.4, 0.5) is 13.2 Å². The number of alkyl halides is 3. The van der Waals surface area contributed by atoms with E-state index >= 15 is 0 Å². The van der Waals surface area contributed by atoms with Crippen LogP contribution in [0.15, 0.2) is 34.6 Å². The molecule has 0 aliphatic heterocycles. The predicted molar refractivity (Wildman–Crippen MR) is 122 cm³/mol. The minimum Gasteiger partial charge on any atom is -0.379 e. The van der Waals surface area contributed by atoms with E-state index in [0.29, 0.717) is 43.9 Å². The van der Waals surface area contributed by atoms with Crippen LogP contribution < -0.4 is 10.6 Å². The molecule has 11 heteroatoms. The second kappa shape index (κ2) is 13.8. The van der Waals surface area contributed by atoms with Gasteiger partial charge in [0.05, 0.1) is 26.4 Å². The topological polar surface area (TPSA) is 67.8 Å². The van der Waals surface area contributed by atoms with Crippen LogP contribution in [0.25, 0.3) is 0 Å². The van der Waals surface area contributed by atoms with Crippen LogP contribution in [0.5, 0.6) is 0 Å². The maximum Gasteiger partial charge on any atom is 0.434 e. The molecule has 0 aliphatic carbocycles. The van der Waals surface area contributed by atoms with Crippen molar-refractivity contribution in [1.29, 1.82) is 0 Å². The van der Waals surface area contributed by atoms with E-state index in [0.717, 1.165) is 27.8 Å². The molecule has 1 aromatic heterocycles. The lowest BCUT2D eigenvalue weighted by Crippen LogP contribution is -2.36. The van der Waals surface area contributed by atoms with E-state index in [4.69, 9.17) is 9.47 Å². The molecule has 30 heavy (non-hydrogen) atoms. The Balaban J connectivity index is 0.00000450. The molecule has 6 nitrogen and oxygen atoms in total. The van der Waals surface area contributed by atoms with E-state index in [2.05, 4.69) is 20.6 Å². The molecule has 0 fully saturated rings. The summed E-state index contributed by atoms with van der Waals surface area (Å²) in [6.07, 6.45) is -4.42. The second-order valence-electron chi connectivity index (χ2n) is 5.97. The first-order valence-electron chi connectivity index (χ1n) is 9.11. The number of guanidine groups is 1. The Morgan fingerprint density at radius 2 is 1.83 bits per heavy atom. The van der Waals surface area contributed by atoms with E-state index in [1.54, 1.807) is 7.05 Å². The molecule has 0 saturated carbocycles. The first-order valence-corrected chi connectivity index (χ1v) is 9.99. The van der Waals surface area contributed by atoms with Gasteiger partial charge < -0.3 is 20.1 Å². The van der Waals surface area contributed by atoms with Crippen LogP contribution in [0.3, 0.4) is 0 Å². The number of rotatable bonds is 10. The number of benzene rings is 1. The molecular weight excluding hydrogens is 532 g/mol. The van der Waals surface area contributed by atoms with Gasteiger partial charge in [0, 0.05) is 25.6 Å². The third kappa shape index (κ3) is 9.58. The molecule has 1 heterocycles. The van der Waals surface area contributed by atoms with Crippen molar-refractivity contribution < 1.29 is 22.6 Å². The quantitative estimate of drug-likeness (QED) is 0.198. The van der Waals surface area contributed by atoms with Crippen LogP contribution in [0, 0.1) is 0 Å². The van der Waals surface area contributed by atoms with E-state index < -0.39 is 11.9 Å². The number of hydrogen-bond donors (Lipinski definition) is 2. The van der Waals surface area contributed by atoms with Crippen molar-refractivity contribution in [3.05, 3.63) is 51.5 Å². The van der Waals surface area contributed by atoms with Crippen LogP contribution in [0.1, 0.15) is 28.8 Å². The van der Waals surface area contributed by atoms with Crippen molar-refractivity contribution in [3.63, 3.8) is 0 Å². The van der Waals surface area contributed by atoms with Gasteiger partial charge in [-0.05, 0) is 18.1 Å². The van der Waals surface area contributed by atoms with Crippen molar-refractivity contribution in [2.45, 2.75) is 32.8 Å². The van der Waals surface area contributed by atoms with Crippen LogP contribution in [-0.4, -0.2) is 37.8 Å². The number of aliphatic imine (C=N–C) groups is 1. The van der Waals surface area contributed by atoms with Gasteiger partial charge in [-0.2, -0.15) is 13.2 Å². The number of aromatic nitrogens is 1. The summed E-state index contributed by atoms with van der Waals surface area (Å²) in [5, 5.41) is 7.46. The highest BCUT2D eigenvalue weighted by molar-refractivity contribution is 14.0. The molecule has 0 unspecified atom stereocenters. The highest BCUT2D eigenvalue weighted by Crippen LogP contribution is 2.29. The Morgan fingerprint density at radius 1 is 1.13 bits per heavy atom. The first-order chi connectivity index (χ1) is 13.9. The summed E-state index contributed by atoms with van der Waals surface area (Å²) < 4.78 is 48.6. The fourth-order valence-corrected chi connectivity index (χ4v) is 3.11. The molecule has 0 bridgehead atoms. The molecule has 0 spiro atoms. The molecule has 2 rings (SSSR count). The summed E-state index contributed by atoms with van der Waals surface area (Å²) in [7, 11) is 1.60. The second-order valence-corrected chi connectivity index (χ2v) is 6.92. The van der Waals surface area contributed by atoms with Gasteiger partial charge >= 0.3 is 6.18 Å². The summed E-state index contributed by atoms with van der Waals surface area (Å²) in [4.78, 5) is 7.67. The van der Waals surface area contributed by atoms with Gasteiger partial charge in [-0.3, -0.25) is 4.99 Å². The Labute approximate surface area is 195 Å². The number of ether oxygens (including phenoxy) is 2. The molecule has 2 N–H and O–H groups in total. The molecule has 2 aromatic rings. The van der Waals surface area contributed by atoms with Crippen LogP contribution in [-0.2, 0) is 35.3 Å². The maximum atomic E-state index is 12.6. The Kier molecular flexibility index (Phi) is 12.2. The average molecular weight is 558 g/mol. The smallest absolute Gasteiger partial charge is 0.379 e. The standard InChI is InChI=1S/C19H25F3N4O2S.HI/c1-3-27-7-8-28-12-15-6-4-5-14(9-15)10-24-18(23-2)25-11-17-26-16(13-29-17)19(20,21)22;/h4-6,9,13H,3,7-8,10-12H2,1-2H3,(H2,23,24,25);1H. The Morgan fingerprint density at radius 3 is 2.50 bits per heavy atom. The van der Waals surface area contributed by atoms with Crippen molar-refractivity contribution in [2.24, 2.45) is 4.99 Å². The highest BCUT2D eigenvalue weighted by Gasteiger charge is 2.33. The van der Waals surface area contributed by atoms with Crippen molar-refractivity contribution in [2.75, 3.05) is 26.9 Å². The SMILES string of the molecule is CCOCCOCc1cccc(CNC(=NC)NCc2nc(C(F)(F)F)cs2)c1.I. The fraction of sp³-hybridized carbons (Fsp3) is 0.474. The van der Waals surface area contributed by atoms with E-state index in [1.165, 1.54) is 0 Å². The number of halogens is 4. The number of nitrogens with zero attached hydrogens (tertiary/aromatic N) is 2. The third-order valence-corrected chi connectivity index (χ3v) is 4.62. The van der Waals surface area contributed by atoms with Gasteiger partial charge in [-0.25, -0.2) is 4.98 Å². The lowest BCUT2D eigenvalue weighted by atomic mass is 10.1. The zero-order valence-electron chi connectivity index (χ0n) is 16.8. The van der Waals surface area contributed by atoms with Gasteiger partial charge in [-0.15, -0.1) is 35.3 Å². The number of nitrogens with one attached hydrogen (secondary N) is 2. The summed E-state index contributed by atoms with van der Waals surface area (Å²) in [6.45, 7) is 4.90. The molecule has 168 valence electrons.